The van der Waals surface area contributed by atoms with Crippen molar-refractivity contribution in [2.24, 2.45) is 17.6 Å². The van der Waals surface area contributed by atoms with Gasteiger partial charge in [-0.05, 0) is 51.9 Å². The number of nitrogens with zero attached hydrogens (tertiary/aromatic N) is 2. The molecule has 0 spiro atoms. The highest BCUT2D eigenvalue weighted by molar-refractivity contribution is 5.83. The number of hydrogen-bond acceptors (Lipinski definition) is 3. The molecule has 2 amide bonds. The molecule has 5 nitrogen and oxygen atoms in total. The van der Waals surface area contributed by atoms with Gasteiger partial charge in [-0.1, -0.05) is 0 Å². The van der Waals surface area contributed by atoms with Crippen molar-refractivity contribution in [2.45, 2.75) is 64.0 Å². The van der Waals surface area contributed by atoms with E-state index >= 15 is 0 Å². The van der Waals surface area contributed by atoms with E-state index < -0.39 is 0 Å². The number of amides is 2. The van der Waals surface area contributed by atoms with Gasteiger partial charge in [0.05, 0.1) is 5.92 Å². The van der Waals surface area contributed by atoms with Crippen molar-refractivity contribution in [1.29, 1.82) is 0 Å². The van der Waals surface area contributed by atoms with Crippen LogP contribution in [0.1, 0.15) is 51.9 Å². The van der Waals surface area contributed by atoms with Crippen LogP contribution < -0.4 is 5.73 Å². The Morgan fingerprint density at radius 1 is 0.955 bits per heavy atom. The van der Waals surface area contributed by atoms with Crippen LogP contribution in [-0.4, -0.2) is 53.3 Å². The van der Waals surface area contributed by atoms with Gasteiger partial charge in [0.25, 0.3) is 0 Å². The summed E-state index contributed by atoms with van der Waals surface area (Å²) in [6.45, 7) is 4.28. The van der Waals surface area contributed by atoms with Crippen molar-refractivity contribution in [3.05, 3.63) is 0 Å². The van der Waals surface area contributed by atoms with Gasteiger partial charge in [0.2, 0.25) is 11.8 Å². The van der Waals surface area contributed by atoms with E-state index in [2.05, 4.69) is 0 Å². The van der Waals surface area contributed by atoms with Gasteiger partial charge in [-0.15, -0.1) is 0 Å². The Hall–Kier alpha value is -1.10. The molecule has 3 fully saturated rings. The number of carbonyl (C=O) groups excluding carboxylic acids is 2. The average molecular weight is 307 g/mol. The van der Waals surface area contributed by atoms with Crippen LogP contribution in [0.25, 0.3) is 0 Å². The molecule has 2 saturated heterocycles. The van der Waals surface area contributed by atoms with Gasteiger partial charge in [0.15, 0.2) is 0 Å². The summed E-state index contributed by atoms with van der Waals surface area (Å²) in [6.07, 6.45) is 7.18. The highest BCUT2D eigenvalue weighted by Crippen LogP contribution is 2.33. The first-order valence-electron chi connectivity index (χ1n) is 8.92. The molecule has 0 bridgehead atoms. The third-order valence-corrected chi connectivity index (χ3v) is 5.45. The van der Waals surface area contributed by atoms with Gasteiger partial charge < -0.3 is 15.5 Å². The minimum atomic E-state index is -0.0178. The standard InChI is InChI=1S/C17H29N3O2/c1-12(18)15-6-2-3-10-20(15)17(22)14-5-4-9-19(11-14)16(21)13-7-8-13/h12-15H,2-11,18H2,1H3. The van der Waals surface area contributed by atoms with E-state index in [1.807, 2.05) is 16.7 Å². The first-order chi connectivity index (χ1) is 10.6. The van der Waals surface area contributed by atoms with E-state index in [-0.39, 0.29) is 35.7 Å². The molecule has 0 aromatic rings. The molecular weight excluding hydrogens is 278 g/mol. The maximum atomic E-state index is 13.0. The van der Waals surface area contributed by atoms with Crippen molar-refractivity contribution < 1.29 is 9.59 Å². The largest absolute Gasteiger partial charge is 0.342 e. The average Bonchev–Trinajstić information content (AvgIpc) is 3.38. The van der Waals surface area contributed by atoms with E-state index in [4.69, 9.17) is 5.73 Å². The van der Waals surface area contributed by atoms with Crippen LogP contribution in [0.15, 0.2) is 0 Å². The van der Waals surface area contributed by atoms with Gasteiger partial charge in [-0.3, -0.25) is 9.59 Å². The minimum Gasteiger partial charge on any atom is -0.342 e. The Balaban J connectivity index is 1.63. The summed E-state index contributed by atoms with van der Waals surface area (Å²) < 4.78 is 0. The minimum absolute atomic E-state index is 0.0178. The van der Waals surface area contributed by atoms with Gasteiger partial charge in [0, 0.05) is 37.6 Å². The maximum Gasteiger partial charge on any atom is 0.227 e. The fraction of sp³-hybridized carbons (Fsp3) is 0.882. The molecule has 124 valence electrons. The lowest BCUT2D eigenvalue weighted by Gasteiger charge is -2.42. The first-order valence-corrected chi connectivity index (χ1v) is 8.92. The molecule has 22 heavy (non-hydrogen) atoms. The number of piperidine rings is 2. The second-order valence-corrected chi connectivity index (χ2v) is 7.35. The molecule has 5 heteroatoms. The summed E-state index contributed by atoms with van der Waals surface area (Å²) in [5.41, 5.74) is 6.09. The molecule has 0 aromatic carbocycles. The SMILES string of the molecule is CC(N)C1CCCCN1C(=O)C1CCCN(C(=O)C2CC2)C1. The molecule has 2 aliphatic heterocycles. The van der Waals surface area contributed by atoms with Crippen LogP contribution in [0.2, 0.25) is 0 Å². The summed E-state index contributed by atoms with van der Waals surface area (Å²) in [5, 5.41) is 0. The molecule has 2 N–H and O–H groups in total. The topological polar surface area (TPSA) is 66.6 Å². The van der Waals surface area contributed by atoms with Crippen LogP contribution in [0.4, 0.5) is 0 Å². The van der Waals surface area contributed by atoms with E-state index in [1.54, 1.807) is 0 Å². The Morgan fingerprint density at radius 2 is 1.73 bits per heavy atom. The third kappa shape index (κ3) is 3.29. The molecule has 0 aromatic heterocycles. The molecule has 3 atom stereocenters. The second kappa shape index (κ2) is 6.57. The zero-order valence-corrected chi connectivity index (χ0v) is 13.7. The van der Waals surface area contributed by atoms with Crippen LogP contribution >= 0.6 is 0 Å². The van der Waals surface area contributed by atoms with Crippen LogP contribution in [0.5, 0.6) is 0 Å². The lowest BCUT2D eigenvalue weighted by molar-refractivity contribution is -0.144. The zero-order chi connectivity index (χ0) is 15.7. The van der Waals surface area contributed by atoms with E-state index in [0.29, 0.717) is 6.54 Å². The van der Waals surface area contributed by atoms with Gasteiger partial charge in [-0.2, -0.15) is 0 Å². The first kappa shape index (κ1) is 15.8. The van der Waals surface area contributed by atoms with Crippen molar-refractivity contribution >= 4 is 11.8 Å². The van der Waals surface area contributed by atoms with Crippen LogP contribution in [-0.2, 0) is 9.59 Å². The lowest BCUT2D eigenvalue weighted by atomic mass is 9.91. The summed E-state index contributed by atoms with van der Waals surface area (Å²) in [7, 11) is 0. The fourth-order valence-corrected chi connectivity index (χ4v) is 3.98. The van der Waals surface area contributed by atoms with Crippen LogP contribution in [0.3, 0.4) is 0 Å². The number of likely N-dealkylation sites (tertiary alicyclic amines) is 2. The quantitative estimate of drug-likeness (QED) is 0.856. The number of carbonyl (C=O) groups is 2. The Bertz CT molecular complexity index is 434. The Morgan fingerprint density at radius 3 is 2.41 bits per heavy atom. The fourth-order valence-electron chi connectivity index (χ4n) is 3.98. The zero-order valence-electron chi connectivity index (χ0n) is 13.7. The number of nitrogens with two attached hydrogens (primary N) is 1. The normalized spacial score (nSPS) is 31.0. The molecule has 1 aliphatic carbocycles. The van der Waals surface area contributed by atoms with Gasteiger partial charge in [0.1, 0.15) is 0 Å². The van der Waals surface area contributed by atoms with Crippen molar-refractivity contribution in [1.82, 2.24) is 9.80 Å². The molecule has 1 saturated carbocycles. The van der Waals surface area contributed by atoms with Crippen molar-refractivity contribution in [3.63, 3.8) is 0 Å². The summed E-state index contributed by atoms with van der Waals surface area (Å²) in [6, 6.07) is 0.202. The highest BCUT2D eigenvalue weighted by Gasteiger charge is 2.39. The van der Waals surface area contributed by atoms with Gasteiger partial charge >= 0.3 is 0 Å². The number of rotatable bonds is 3. The summed E-state index contributed by atoms with van der Waals surface area (Å²) in [5.74, 6) is 0.742. The van der Waals surface area contributed by atoms with E-state index in [9.17, 15) is 9.59 Å². The molecule has 2 heterocycles. The van der Waals surface area contributed by atoms with Crippen LogP contribution in [0, 0.1) is 11.8 Å². The lowest BCUT2D eigenvalue weighted by Crippen LogP contribution is -2.55. The third-order valence-electron chi connectivity index (χ3n) is 5.45. The molecule has 0 radical (unpaired) electrons. The summed E-state index contributed by atoms with van der Waals surface area (Å²) in [4.78, 5) is 29.2. The van der Waals surface area contributed by atoms with Crippen molar-refractivity contribution in [3.8, 4) is 0 Å². The van der Waals surface area contributed by atoms with E-state index in [0.717, 1.165) is 58.0 Å². The van der Waals surface area contributed by atoms with Gasteiger partial charge in [-0.25, -0.2) is 0 Å². The number of hydrogen-bond donors (Lipinski definition) is 1. The monoisotopic (exact) mass is 307 g/mol. The predicted octanol–water partition coefficient (Wildman–Crippen LogP) is 1.36. The Kier molecular flexibility index (Phi) is 4.71. The molecule has 3 rings (SSSR count). The smallest absolute Gasteiger partial charge is 0.227 e. The maximum absolute atomic E-state index is 13.0. The molecule has 3 aliphatic rings. The second-order valence-electron chi connectivity index (χ2n) is 7.35. The highest BCUT2D eigenvalue weighted by atomic mass is 16.2. The molecular formula is C17H29N3O2. The summed E-state index contributed by atoms with van der Waals surface area (Å²) >= 11 is 0. The Labute approximate surface area is 133 Å². The predicted molar refractivity (Wildman–Crippen MR) is 85.0 cm³/mol. The van der Waals surface area contributed by atoms with E-state index in [1.165, 1.54) is 0 Å². The van der Waals surface area contributed by atoms with Crippen molar-refractivity contribution in [2.75, 3.05) is 19.6 Å². The molecule has 3 unspecified atom stereocenters.